The minimum Gasteiger partial charge on any atom is -0.463 e. The van der Waals surface area contributed by atoms with Gasteiger partial charge in [0.05, 0.1) is 7.11 Å². The zero-order chi connectivity index (χ0) is 10.0. The predicted molar refractivity (Wildman–Crippen MR) is 51.9 cm³/mol. The highest BCUT2D eigenvalue weighted by atomic mass is 79.9. The summed E-state index contributed by atoms with van der Waals surface area (Å²) in [7, 11) is 1.34. The third kappa shape index (κ3) is 1.77. The monoisotopic (exact) mass is 246 g/mol. The Morgan fingerprint density at radius 3 is 2.69 bits per heavy atom. The summed E-state index contributed by atoms with van der Waals surface area (Å²) in [5.74, 6) is -0.125. The minimum absolute atomic E-state index is 0.300. The maximum atomic E-state index is 11.2. The third-order valence-electron chi connectivity index (χ3n) is 1.94. The van der Waals surface area contributed by atoms with Gasteiger partial charge in [0, 0.05) is 11.1 Å². The number of furan rings is 1. The third-order valence-corrected chi connectivity index (χ3v) is 2.69. The Bertz CT molecular complexity index is 328. The molecule has 1 aromatic heterocycles. The van der Waals surface area contributed by atoms with E-state index < -0.39 is 5.97 Å². The largest absolute Gasteiger partial charge is 0.463 e. The van der Waals surface area contributed by atoms with Gasteiger partial charge in [-0.1, -0.05) is 6.92 Å². The molecule has 1 heterocycles. The lowest BCUT2D eigenvalue weighted by Gasteiger charge is -1.97. The number of carbonyl (C=O) groups is 1. The van der Waals surface area contributed by atoms with Gasteiger partial charge in [0.25, 0.3) is 0 Å². The van der Waals surface area contributed by atoms with E-state index in [2.05, 4.69) is 20.7 Å². The van der Waals surface area contributed by atoms with Crippen LogP contribution in [0, 0.1) is 6.92 Å². The second kappa shape index (κ2) is 3.96. The lowest BCUT2D eigenvalue weighted by atomic mass is 10.1. The molecule has 0 N–H and O–H groups in total. The molecule has 72 valence electrons. The van der Waals surface area contributed by atoms with Gasteiger partial charge in [-0.2, -0.15) is 0 Å². The van der Waals surface area contributed by atoms with Crippen molar-refractivity contribution in [1.29, 1.82) is 0 Å². The number of ether oxygens (including phenoxy) is 1. The molecule has 4 heteroatoms. The van der Waals surface area contributed by atoms with E-state index in [1.165, 1.54) is 7.11 Å². The topological polar surface area (TPSA) is 39.4 Å². The van der Waals surface area contributed by atoms with E-state index in [1.54, 1.807) is 0 Å². The van der Waals surface area contributed by atoms with E-state index >= 15 is 0 Å². The van der Waals surface area contributed by atoms with Crippen molar-refractivity contribution in [2.75, 3.05) is 7.11 Å². The fraction of sp³-hybridized carbons (Fsp3) is 0.444. The Morgan fingerprint density at radius 1 is 1.62 bits per heavy atom. The van der Waals surface area contributed by atoms with Gasteiger partial charge in [-0.25, -0.2) is 4.79 Å². The van der Waals surface area contributed by atoms with Crippen molar-refractivity contribution >= 4 is 21.9 Å². The fourth-order valence-electron chi connectivity index (χ4n) is 1.20. The van der Waals surface area contributed by atoms with Crippen LogP contribution in [0.25, 0.3) is 0 Å². The summed E-state index contributed by atoms with van der Waals surface area (Å²) in [6.45, 7) is 3.87. The van der Waals surface area contributed by atoms with E-state index in [4.69, 9.17) is 4.42 Å². The van der Waals surface area contributed by atoms with Crippen molar-refractivity contribution in [1.82, 2.24) is 0 Å². The van der Waals surface area contributed by atoms with Crippen LogP contribution in [0.15, 0.2) is 9.09 Å². The van der Waals surface area contributed by atoms with Gasteiger partial charge in [0.1, 0.15) is 0 Å². The number of methoxy groups -OCH3 is 1. The number of carbonyl (C=O) groups excluding carboxylic acids is 1. The maximum absolute atomic E-state index is 11.2. The zero-order valence-electron chi connectivity index (χ0n) is 7.81. The SMILES string of the molecule is CCc1c(C(=O)OC)oc(Br)c1C. The lowest BCUT2D eigenvalue weighted by Crippen LogP contribution is -2.02. The molecule has 0 aromatic carbocycles. The molecule has 0 aliphatic rings. The van der Waals surface area contributed by atoms with Gasteiger partial charge < -0.3 is 9.15 Å². The molecule has 3 nitrogen and oxygen atoms in total. The number of hydrogen-bond donors (Lipinski definition) is 0. The van der Waals surface area contributed by atoms with Gasteiger partial charge in [0.2, 0.25) is 5.76 Å². The normalized spacial score (nSPS) is 10.2. The van der Waals surface area contributed by atoms with Crippen LogP contribution < -0.4 is 0 Å². The Balaban J connectivity index is 3.21. The average molecular weight is 247 g/mol. The molecule has 0 amide bonds. The molecule has 0 unspecified atom stereocenters. The van der Waals surface area contributed by atoms with Crippen LogP contribution in [0.3, 0.4) is 0 Å². The predicted octanol–water partition coefficient (Wildman–Crippen LogP) is 2.70. The molecule has 0 saturated carbocycles. The number of hydrogen-bond acceptors (Lipinski definition) is 3. The molecule has 0 bridgehead atoms. The highest BCUT2D eigenvalue weighted by Crippen LogP contribution is 2.27. The van der Waals surface area contributed by atoms with E-state index in [1.807, 2.05) is 13.8 Å². The van der Waals surface area contributed by atoms with Gasteiger partial charge >= 0.3 is 5.97 Å². The van der Waals surface area contributed by atoms with Crippen LogP contribution >= 0.6 is 15.9 Å². The van der Waals surface area contributed by atoms with Crippen molar-refractivity contribution < 1.29 is 13.9 Å². The van der Waals surface area contributed by atoms with Gasteiger partial charge in [-0.15, -0.1) is 0 Å². The van der Waals surface area contributed by atoms with E-state index in [0.29, 0.717) is 10.4 Å². The van der Waals surface area contributed by atoms with Crippen LogP contribution in [-0.4, -0.2) is 13.1 Å². The highest BCUT2D eigenvalue weighted by molar-refractivity contribution is 9.10. The lowest BCUT2D eigenvalue weighted by molar-refractivity contribution is 0.0562. The molecule has 0 spiro atoms. The standard InChI is InChI=1S/C9H11BrO3/c1-4-6-5(2)8(10)13-7(6)9(11)12-3/h4H2,1-3H3. The maximum Gasteiger partial charge on any atom is 0.374 e. The summed E-state index contributed by atoms with van der Waals surface area (Å²) >= 11 is 3.23. The van der Waals surface area contributed by atoms with Gasteiger partial charge in [0.15, 0.2) is 4.67 Å². The number of rotatable bonds is 2. The summed E-state index contributed by atoms with van der Waals surface area (Å²) in [5, 5.41) is 0. The van der Waals surface area contributed by atoms with Crippen molar-refractivity contribution in [2.45, 2.75) is 20.3 Å². The Morgan fingerprint density at radius 2 is 2.23 bits per heavy atom. The van der Waals surface area contributed by atoms with Crippen LogP contribution in [0.2, 0.25) is 0 Å². The highest BCUT2D eigenvalue weighted by Gasteiger charge is 2.20. The first kappa shape index (κ1) is 10.3. The first-order valence-corrected chi connectivity index (χ1v) is 4.77. The molecule has 0 aliphatic carbocycles. The van der Waals surface area contributed by atoms with Gasteiger partial charge in [-0.3, -0.25) is 0 Å². The molecular formula is C9H11BrO3. The average Bonchev–Trinajstić information content (AvgIpc) is 2.42. The molecule has 0 fully saturated rings. The molecular weight excluding hydrogens is 236 g/mol. The minimum atomic E-state index is -0.425. The fourth-order valence-corrected chi connectivity index (χ4v) is 1.60. The number of esters is 1. The van der Waals surface area contributed by atoms with Crippen LogP contribution in [0.5, 0.6) is 0 Å². The van der Waals surface area contributed by atoms with Crippen molar-refractivity contribution in [3.05, 3.63) is 21.6 Å². The summed E-state index contributed by atoms with van der Waals surface area (Å²) < 4.78 is 10.4. The van der Waals surface area contributed by atoms with Crippen LogP contribution in [-0.2, 0) is 11.2 Å². The van der Waals surface area contributed by atoms with E-state index in [0.717, 1.165) is 17.5 Å². The molecule has 0 atom stereocenters. The zero-order valence-corrected chi connectivity index (χ0v) is 9.40. The van der Waals surface area contributed by atoms with Gasteiger partial charge in [-0.05, 0) is 29.3 Å². The van der Waals surface area contributed by atoms with Crippen molar-refractivity contribution in [3.8, 4) is 0 Å². The first-order valence-electron chi connectivity index (χ1n) is 3.97. The van der Waals surface area contributed by atoms with E-state index in [-0.39, 0.29) is 0 Å². The summed E-state index contributed by atoms with van der Waals surface area (Å²) in [6.07, 6.45) is 0.755. The summed E-state index contributed by atoms with van der Waals surface area (Å²) in [5.41, 5.74) is 1.86. The molecule has 0 aliphatic heterocycles. The molecule has 0 saturated heterocycles. The Labute approximate surface area is 85.2 Å². The quantitative estimate of drug-likeness (QED) is 0.754. The number of halogens is 1. The Hall–Kier alpha value is -0.770. The van der Waals surface area contributed by atoms with Crippen molar-refractivity contribution in [3.63, 3.8) is 0 Å². The molecule has 0 radical (unpaired) electrons. The Kier molecular flexibility index (Phi) is 3.14. The summed E-state index contributed by atoms with van der Waals surface area (Å²) in [4.78, 5) is 11.2. The molecule has 1 aromatic rings. The van der Waals surface area contributed by atoms with Crippen LogP contribution in [0.4, 0.5) is 0 Å². The molecule has 13 heavy (non-hydrogen) atoms. The second-order valence-corrected chi connectivity index (χ2v) is 3.37. The second-order valence-electron chi connectivity index (χ2n) is 2.65. The smallest absolute Gasteiger partial charge is 0.374 e. The van der Waals surface area contributed by atoms with Crippen molar-refractivity contribution in [2.24, 2.45) is 0 Å². The summed E-state index contributed by atoms with van der Waals surface area (Å²) in [6, 6.07) is 0. The molecule has 1 rings (SSSR count). The van der Waals surface area contributed by atoms with Crippen LogP contribution in [0.1, 0.15) is 28.6 Å². The van der Waals surface area contributed by atoms with E-state index in [9.17, 15) is 4.79 Å². The first-order chi connectivity index (χ1) is 6.11.